The molecule has 3 aromatic rings. The van der Waals surface area contributed by atoms with Gasteiger partial charge < -0.3 is 21.1 Å². The van der Waals surface area contributed by atoms with Crippen LogP contribution in [0.15, 0.2) is 60.9 Å². The summed E-state index contributed by atoms with van der Waals surface area (Å²) in [5.41, 5.74) is 7.98. The molecular formula is C22H25N5O. The lowest BCUT2D eigenvalue weighted by molar-refractivity contribution is 0.392. The number of hydrogen-bond acceptors (Lipinski definition) is 6. The molecule has 1 unspecified atom stereocenters. The smallest absolute Gasteiger partial charge is 0.139 e. The third kappa shape index (κ3) is 4.40. The van der Waals surface area contributed by atoms with Gasteiger partial charge >= 0.3 is 0 Å². The second-order valence-electron chi connectivity index (χ2n) is 7.02. The molecule has 28 heavy (non-hydrogen) atoms. The van der Waals surface area contributed by atoms with Gasteiger partial charge in [-0.25, -0.2) is 9.97 Å². The molecule has 1 atom stereocenters. The van der Waals surface area contributed by atoms with Gasteiger partial charge in [0, 0.05) is 6.54 Å². The van der Waals surface area contributed by atoms with Crippen molar-refractivity contribution >= 4 is 11.6 Å². The highest BCUT2D eigenvalue weighted by Gasteiger charge is 2.16. The van der Waals surface area contributed by atoms with E-state index >= 15 is 0 Å². The summed E-state index contributed by atoms with van der Waals surface area (Å²) in [6.45, 7) is 3.01. The highest BCUT2D eigenvalue weighted by atomic mass is 16.5. The van der Waals surface area contributed by atoms with Crippen molar-refractivity contribution in [2.75, 3.05) is 30.7 Å². The Balaban J connectivity index is 1.51. The van der Waals surface area contributed by atoms with Crippen LogP contribution in [0.25, 0.3) is 11.1 Å². The molecule has 6 heteroatoms. The van der Waals surface area contributed by atoms with Crippen molar-refractivity contribution in [3.8, 4) is 22.6 Å². The number of nitrogen functional groups attached to an aromatic ring is 1. The van der Waals surface area contributed by atoms with Gasteiger partial charge in [0.1, 0.15) is 29.5 Å². The van der Waals surface area contributed by atoms with Crippen molar-refractivity contribution in [1.82, 2.24) is 15.3 Å². The Bertz CT molecular complexity index is 893. The zero-order chi connectivity index (χ0) is 19.2. The summed E-state index contributed by atoms with van der Waals surface area (Å²) in [5, 5.41) is 6.92. The van der Waals surface area contributed by atoms with Crippen LogP contribution in [-0.4, -0.2) is 29.6 Å². The second kappa shape index (κ2) is 8.71. The monoisotopic (exact) mass is 375 g/mol. The summed E-state index contributed by atoms with van der Waals surface area (Å²) in [6, 6.07) is 17.6. The number of aromatic nitrogens is 2. The molecule has 4 N–H and O–H groups in total. The van der Waals surface area contributed by atoms with Crippen molar-refractivity contribution in [2.24, 2.45) is 5.92 Å². The molecule has 1 aliphatic heterocycles. The fraction of sp³-hybridized carbons (Fsp3) is 0.273. The zero-order valence-corrected chi connectivity index (χ0v) is 15.8. The summed E-state index contributed by atoms with van der Waals surface area (Å²) in [6.07, 6.45) is 3.95. The molecule has 0 saturated carbocycles. The second-order valence-corrected chi connectivity index (χ2v) is 7.02. The molecule has 2 heterocycles. The third-order valence-corrected chi connectivity index (χ3v) is 4.96. The van der Waals surface area contributed by atoms with Crippen LogP contribution in [0.4, 0.5) is 11.6 Å². The molecule has 0 aliphatic carbocycles. The largest absolute Gasteiger partial charge is 0.457 e. The lowest BCUT2D eigenvalue weighted by Crippen LogP contribution is -2.33. The van der Waals surface area contributed by atoms with E-state index in [0.717, 1.165) is 48.1 Å². The Morgan fingerprint density at radius 2 is 1.82 bits per heavy atom. The summed E-state index contributed by atoms with van der Waals surface area (Å²) in [5.74, 6) is 3.42. The molecule has 1 fully saturated rings. The number of nitrogens with one attached hydrogen (secondary N) is 2. The minimum atomic E-state index is 0.469. The van der Waals surface area contributed by atoms with E-state index in [1.807, 2.05) is 54.6 Å². The Morgan fingerprint density at radius 3 is 2.57 bits per heavy atom. The molecule has 1 aromatic heterocycles. The first kappa shape index (κ1) is 18.3. The van der Waals surface area contributed by atoms with Crippen LogP contribution in [0.5, 0.6) is 11.5 Å². The molecule has 1 saturated heterocycles. The van der Waals surface area contributed by atoms with Crippen molar-refractivity contribution in [2.45, 2.75) is 12.8 Å². The average molecular weight is 375 g/mol. The first-order valence-corrected chi connectivity index (χ1v) is 9.68. The molecule has 144 valence electrons. The minimum Gasteiger partial charge on any atom is -0.457 e. The number of para-hydroxylation sites is 1. The number of rotatable bonds is 6. The summed E-state index contributed by atoms with van der Waals surface area (Å²) in [7, 11) is 0. The maximum Gasteiger partial charge on any atom is 0.139 e. The number of nitrogens with zero attached hydrogens (tertiary/aromatic N) is 2. The first-order valence-electron chi connectivity index (χ1n) is 9.68. The van der Waals surface area contributed by atoms with E-state index in [2.05, 4.69) is 20.6 Å². The highest BCUT2D eigenvalue weighted by molar-refractivity contribution is 5.83. The SMILES string of the molecule is Nc1ncnc(NCC2CCCNC2)c1-c1ccc(Oc2ccccc2)cc1. The van der Waals surface area contributed by atoms with Crippen LogP contribution >= 0.6 is 0 Å². The topological polar surface area (TPSA) is 85.1 Å². The standard InChI is InChI=1S/C22H25N5O/c23-21-20(22(27-15-26-21)25-14-16-5-4-12-24-13-16)17-8-10-19(11-9-17)28-18-6-2-1-3-7-18/h1-3,6-11,15-16,24H,4-5,12-14H2,(H3,23,25,26,27). The molecule has 2 aromatic carbocycles. The van der Waals surface area contributed by atoms with Gasteiger partial charge in [-0.1, -0.05) is 30.3 Å². The zero-order valence-electron chi connectivity index (χ0n) is 15.8. The van der Waals surface area contributed by atoms with Gasteiger partial charge in [-0.05, 0) is 61.7 Å². The minimum absolute atomic E-state index is 0.469. The number of piperidine rings is 1. The Morgan fingerprint density at radius 1 is 1.04 bits per heavy atom. The van der Waals surface area contributed by atoms with Crippen LogP contribution in [0.3, 0.4) is 0 Å². The van der Waals surface area contributed by atoms with Crippen LogP contribution in [0, 0.1) is 5.92 Å². The Hall–Kier alpha value is -3.12. The Labute approximate surface area is 165 Å². The lowest BCUT2D eigenvalue weighted by Gasteiger charge is -2.23. The van der Waals surface area contributed by atoms with Crippen molar-refractivity contribution < 1.29 is 4.74 Å². The third-order valence-electron chi connectivity index (χ3n) is 4.96. The first-order chi connectivity index (χ1) is 13.8. The fourth-order valence-corrected chi connectivity index (χ4v) is 3.47. The van der Waals surface area contributed by atoms with Gasteiger partial charge in [0.25, 0.3) is 0 Å². The van der Waals surface area contributed by atoms with Crippen LogP contribution in [0.2, 0.25) is 0 Å². The predicted octanol–water partition coefficient (Wildman–Crippen LogP) is 3.93. The Kier molecular flexibility index (Phi) is 5.68. The maximum atomic E-state index is 6.19. The van der Waals surface area contributed by atoms with E-state index in [0.29, 0.717) is 11.7 Å². The molecule has 0 amide bonds. The van der Waals surface area contributed by atoms with Crippen molar-refractivity contribution in [3.05, 3.63) is 60.9 Å². The van der Waals surface area contributed by atoms with Gasteiger partial charge in [-0.15, -0.1) is 0 Å². The molecular weight excluding hydrogens is 350 g/mol. The van der Waals surface area contributed by atoms with E-state index < -0.39 is 0 Å². The lowest BCUT2D eigenvalue weighted by atomic mass is 9.99. The van der Waals surface area contributed by atoms with E-state index in [1.54, 1.807) is 0 Å². The van der Waals surface area contributed by atoms with E-state index in [1.165, 1.54) is 19.2 Å². The van der Waals surface area contributed by atoms with Gasteiger partial charge in [0.15, 0.2) is 0 Å². The normalized spacial score (nSPS) is 16.5. The molecule has 1 aliphatic rings. The van der Waals surface area contributed by atoms with Gasteiger partial charge in [0.05, 0.1) is 5.56 Å². The summed E-state index contributed by atoms with van der Waals surface area (Å²) >= 11 is 0. The van der Waals surface area contributed by atoms with Gasteiger partial charge in [-0.3, -0.25) is 0 Å². The van der Waals surface area contributed by atoms with Gasteiger partial charge in [-0.2, -0.15) is 0 Å². The van der Waals surface area contributed by atoms with Crippen molar-refractivity contribution in [1.29, 1.82) is 0 Å². The number of benzene rings is 2. The van der Waals surface area contributed by atoms with Crippen LogP contribution in [0.1, 0.15) is 12.8 Å². The molecule has 0 bridgehead atoms. The quantitative estimate of drug-likeness (QED) is 0.605. The number of anilines is 2. The maximum absolute atomic E-state index is 6.19. The number of hydrogen-bond donors (Lipinski definition) is 3. The molecule has 6 nitrogen and oxygen atoms in total. The van der Waals surface area contributed by atoms with Crippen LogP contribution < -0.4 is 21.1 Å². The average Bonchev–Trinajstić information content (AvgIpc) is 2.75. The predicted molar refractivity (Wildman–Crippen MR) is 112 cm³/mol. The van der Waals surface area contributed by atoms with Crippen LogP contribution in [-0.2, 0) is 0 Å². The molecule has 4 rings (SSSR count). The van der Waals surface area contributed by atoms with Gasteiger partial charge in [0.2, 0.25) is 0 Å². The summed E-state index contributed by atoms with van der Waals surface area (Å²) < 4.78 is 5.87. The van der Waals surface area contributed by atoms with E-state index in [4.69, 9.17) is 10.5 Å². The molecule has 0 spiro atoms. The van der Waals surface area contributed by atoms with E-state index in [9.17, 15) is 0 Å². The highest BCUT2D eigenvalue weighted by Crippen LogP contribution is 2.32. The number of ether oxygens (including phenoxy) is 1. The number of nitrogens with two attached hydrogens (primary N) is 1. The van der Waals surface area contributed by atoms with E-state index in [-0.39, 0.29) is 0 Å². The fourth-order valence-electron chi connectivity index (χ4n) is 3.47. The molecule has 0 radical (unpaired) electrons. The van der Waals surface area contributed by atoms with Crippen molar-refractivity contribution in [3.63, 3.8) is 0 Å². The summed E-state index contributed by atoms with van der Waals surface area (Å²) in [4.78, 5) is 8.62.